The van der Waals surface area contributed by atoms with Gasteiger partial charge in [0.2, 0.25) is 0 Å². The maximum absolute atomic E-state index is 13.2. The fourth-order valence-electron chi connectivity index (χ4n) is 4.04. The van der Waals surface area contributed by atoms with E-state index in [1.54, 1.807) is 7.11 Å². The zero-order valence-corrected chi connectivity index (χ0v) is 15.4. The summed E-state index contributed by atoms with van der Waals surface area (Å²) in [5.41, 5.74) is 2.38. The minimum atomic E-state index is 0. The largest absolute Gasteiger partial charge is 0.497 e. The SMILES string of the molecule is COc1ccc2cc(C(=O)N3C4CCNCC3CC4)c(C)nc2c1.Cl. The van der Waals surface area contributed by atoms with Gasteiger partial charge in [-0.15, -0.1) is 12.4 Å². The Labute approximate surface area is 154 Å². The maximum atomic E-state index is 13.2. The molecule has 2 saturated heterocycles. The van der Waals surface area contributed by atoms with Crippen LogP contribution < -0.4 is 10.1 Å². The van der Waals surface area contributed by atoms with Crippen molar-refractivity contribution in [1.29, 1.82) is 0 Å². The fraction of sp³-hybridized carbons (Fsp3) is 0.474. The minimum absolute atomic E-state index is 0. The van der Waals surface area contributed by atoms with Crippen LogP contribution in [0.1, 0.15) is 35.3 Å². The Bertz CT molecular complexity index is 782. The Morgan fingerprint density at radius 2 is 2.04 bits per heavy atom. The molecule has 0 radical (unpaired) electrons. The van der Waals surface area contributed by atoms with E-state index < -0.39 is 0 Å². The topological polar surface area (TPSA) is 54.5 Å². The van der Waals surface area contributed by atoms with Crippen LogP contribution in [0.15, 0.2) is 24.3 Å². The number of methoxy groups -OCH3 is 1. The third-order valence-corrected chi connectivity index (χ3v) is 5.33. The van der Waals surface area contributed by atoms with Crippen LogP contribution in [-0.2, 0) is 0 Å². The average Bonchev–Trinajstić information content (AvgIpc) is 2.85. The zero-order valence-electron chi connectivity index (χ0n) is 14.6. The second-order valence-corrected chi connectivity index (χ2v) is 6.77. The molecule has 6 heteroatoms. The van der Waals surface area contributed by atoms with Crippen LogP contribution in [0, 0.1) is 6.92 Å². The molecule has 0 spiro atoms. The molecule has 5 nitrogen and oxygen atoms in total. The fourth-order valence-corrected chi connectivity index (χ4v) is 4.04. The number of halogens is 1. The molecule has 1 N–H and O–H groups in total. The lowest BCUT2D eigenvalue weighted by molar-refractivity contribution is 0.0679. The van der Waals surface area contributed by atoms with Crippen LogP contribution >= 0.6 is 12.4 Å². The van der Waals surface area contributed by atoms with E-state index >= 15 is 0 Å². The number of carbonyl (C=O) groups is 1. The van der Waals surface area contributed by atoms with Gasteiger partial charge in [0.25, 0.3) is 5.91 Å². The molecular weight excluding hydrogens is 338 g/mol. The third-order valence-electron chi connectivity index (χ3n) is 5.33. The van der Waals surface area contributed by atoms with Gasteiger partial charge in [0.05, 0.1) is 23.9 Å². The highest BCUT2D eigenvalue weighted by Gasteiger charge is 2.38. The Morgan fingerprint density at radius 3 is 2.84 bits per heavy atom. The van der Waals surface area contributed by atoms with Gasteiger partial charge in [-0.25, -0.2) is 0 Å². The molecule has 25 heavy (non-hydrogen) atoms. The minimum Gasteiger partial charge on any atom is -0.497 e. The van der Waals surface area contributed by atoms with Crippen molar-refractivity contribution in [2.75, 3.05) is 20.2 Å². The highest BCUT2D eigenvalue weighted by Crippen LogP contribution is 2.31. The van der Waals surface area contributed by atoms with Gasteiger partial charge < -0.3 is 15.0 Å². The Hall–Kier alpha value is -1.85. The predicted molar refractivity (Wildman–Crippen MR) is 101 cm³/mol. The van der Waals surface area contributed by atoms with Gasteiger partial charge in [0.15, 0.2) is 0 Å². The van der Waals surface area contributed by atoms with E-state index in [2.05, 4.69) is 15.2 Å². The first kappa shape index (κ1) is 18.0. The third kappa shape index (κ3) is 3.18. The molecule has 2 atom stereocenters. The van der Waals surface area contributed by atoms with Crippen molar-refractivity contribution in [1.82, 2.24) is 15.2 Å². The van der Waals surface area contributed by atoms with E-state index in [1.165, 1.54) is 0 Å². The van der Waals surface area contributed by atoms with Gasteiger partial charge in [-0.3, -0.25) is 9.78 Å². The van der Waals surface area contributed by atoms with Crippen LogP contribution in [0.3, 0.4) is 0 Å². The van der Waals surface area contributed by atoms with Gasteiger partial charge in [-0.2, -0.15) is 0 Å². The number of benzene rings is 1. The number of fused-ring (bicyclic) bond motifs is 3. The first-order valence-corrected chi connectivity index (χ1v) is 8.66. The van der Waals surface area contributed by atoms with Crippen LogP contribution in [0.25, 0.3) is 10.9 Å². The number of carbonyl (C=O) groups excluding carboxylic acids is 1. The molecule has 0 saturated carbocycles. The summed E-state index contributed by atoms with van der Waals surface area (Å²) in [7, 11) is 1.65. The highest BCUT2D eigenvalue weighted by atomic mass is 35.5. The molecule has 134 valence electrons. The number of nitrogens with one attached hydrogen (secondary N) is 1. The van der Waals surface area contributed by atoms with Crippen molar-refractivity contribution in [2.45, 2.75) is 38.3 Å². The Kier molecular flexibility index (Phi) is 5.16. The smallest absolute Gasteiger partial charge is 0.256 e. The summed E-state index contributed by atoms with van der Waals surface area (Å²) in [4.78, 5) is 20.0. The molecule has 2 aliphatic rings. The number of aryl methyl sites for hydroxylation is 1. The molecule has 1 amide bonds. The molecule has 1 aromatic carbocycles. The first-order valence-electron chi connectivity index (χ1n) is 8.66. The number of aromatic nitrogens is 1. The molecule has 1 aromatic heterocycles. The van der Waals surface area contributed by atoms with E-state index in [0.717, 1.165) is 60.3 Å². The molecular formula is C19H24ClN3O2. The number of pyridine rings is 1. The van der Waals surface area contributed by atoms with E-state index in [0.29, 0.717) is 12.1 Å². The second kappa shape index (κ2) is 7.18. The van der Waals surface area contributed by atoms with Crippen LogP contribution in [0.2, 0.25) is 0 Å². The monoisotopic (exact) mass is 361 g/mol. The van der Waals surface area contributed by atoms with Crippen molar-refractivity contribution in [3.63, 3.8) is 0 Å². The molecule has 0 aliphatic carbocycles. The molecule has 2 fully saturated rings. The predicted octanol–water partition coefficient (Wildman–Crippen LogP) is 2.94. The summed E-state index contributed by atoms with van der Waals surface area (Å²) in [6.07, 6.45) is 3.26. The van der Waals surface area contributed by atoms with Crippen LogP contribution in [-0.4, -0.2) is 48.1 Å². The van der Waals surface area contributed by atoms with E-state index in [9.17, 15) is 4.79 Å². The summed E-state index contributed by atoms with van der Waals surface area (Å²) in [6.45, 7) is 3.82. The standard InChI is InChI=1S/C19H23N3O2.ClH/c1-12-17(9-13-3-6-16(24-2)10-18(13)21-12)19(23)22-14-4-5-15(22)11-20-8-7-14;/h3,6,9-10,14-15,20H,4-5,7-8,11H2,1-2H3;1H. The lowest BCUT2D eigenvalue weighted by Gasteiger charge is -2.28. The van der Waals surface area contributed by atoms with Gasteiger partial charge in [0.1, 0.15) is 5.75 Å². The Morgan fingerprint density at radius 1 is 1.24 bits per heavy atom. The van der Waals surface area contributed by atoms with Crippen LogP contribution in [0.4, 0.5) is 0 Å². The van der Waals surface area contributed by atoms with Crippen LogP contribution in [0.5, 0.6) is 5.75 Å². The van der Waals surface area contributed by atoms with E-state index in [4.69, 9.17) is 4.74 Å². The number of rotatable bonds is 2. The molecule has 2 aliphatic heterocycles. The number of nitrogens with zero attached hydrogens (tertiary/aromatic N) is 2. The van der Waals surface area contributed by atoms with Crippen molar-refractivity contribution in [2.24, 2.45) is 0 Å². The van der Waals surface area contributed by atoms with E-state index in [-0.39, 0.29) is 18.3 Å². The number of ether oxygens (including phenoxy) is 1. The maximum Gasteiger partial charge on any atom is 0.256 e. The molecule has 4 rings (SSSR count). The van der Waals surface area contributed by atoms with Crippen molar-refractivity contribution in [3.05, 3.63) is 35.5 Å². The number of hydrogen-bond donors (Lipinski definition) is 1. The Balaban J connectivity index is 0.00000182. The number of hydrogen-bond acceptors (Lipinski definition) is 4. The second-order valence-electron chi connectivity index (χ2n) is 6.77. The van der Waals surface area contributed by atoms with Crippen molar-refractivity contribution < 1.29 is 9.53 Å². The summed E-state index contributed by atoms with van der Waals surface area (Å²) < 4.78 is 5.26. The lowest BCUT2D eigenvalue weighted by atomic mass is 10.1. The van der Waals surface area contributed by atoms with Gasteiger partial charge in [-0.1, -0.05) is 0 Å². The highest BCUT2D eigenvalue weighted by molar-refractivity contribution is 5.99. The summed E-state index contributed by atoms with van der Waals surface area (Å²) in [6, 6.07) is 8.45. The summed E-state index contributed by atoms with van der Waals surface area (Å²) >= 11 is 0. The number of amides is 1. The summed E-state index contributed by atoms with van der Waals surface area (Å²) in [5.74, 6) is 0.916. The quantitative estimate of drug-likeness (QED) is 0.893. The average molecular weight is 362 g/mol. The summed E-state index contributed by atoms with van der Waals surface area (Å²) in [5, 5.41) is 4.43. The van der Waals surface area contributed by atoms with Gasteiger partial charge in [-0.05, 0) is 50.9 Å². The molecule has 3 heterocycles. The first-order chi connectivity index (χ1) is 11.7. The molecule has 2 aromatic rings. The van der Waals surface area contributed by atoms with E-state index in [1.807, 2.05) is 31.2 Å². The molecule has 2 bridgehead atoms. The zero-order chi connectivity index (χ0) is 16.7. The van der Waals surface area contributed by atoms with Gasteiger partial charge in [0, 0.05) is 30.1 Å². The van der Waals surface area contributed by atoms with Crippen molar-refractivity contribution >= 4 is 29.2 Å². The normalized spacial score (nSPS) is 22.4. The lowest BCUT2D eigenvalue weighted by Crippen LogP contribution is -2.42. The molecule has 2 unspecified atom stereocenters. The van der Waals surface area contributed by atoms with Gasteiger partial charge >= 0.3 is 0 Å². The van der Waals surface area contributed by atoms with Crippen molar-refractivity contribution in [3.8, 4) is 5.75 Å².